The van der Waals surface area contributed by atoms with Crippen molar-refractivity contribution < 1.29 is 14.6 Å². The van der Waals surface area contributed by atoms with Gasteiger partial charge in [-0.1, -0.05) is 6.07 Å². The van der Waals surface area contributed by atoms with Gasteiger partial charge in [-0.3, -0.25) is 4.79 Å². The van der Waals surface area contributed by atoms with E-state index in [9.17, 15) is 4.79 Å². The molecule has 1 aromatic carbocycles. The Morgan fingerprint density at radius 1 is 1.53 bits per heavy atom. The van der Waals surface area contributed by atoms with Crippen LogP contribution in [0, 0.1) is 9.49 Å². The Hall–Kier alpha value is -0.820. The second-order valence-electron chi connectivity index (χ2n) is 4.78. The Balaban J connectivity index is 1.64. The molecular weight excluding hydrogens is 357 g/mol. The molecule has 0 aliphatic carbocycles. The highest BCUT2D eigenvalue weighted by molar-refractivity contribution is 14.1. The van der Waals surface area contributed by atoms with Crippen LogP contribution in [-0.4, -0.2) is 42.2 Å². The molecule has 1 aliphatic heterocycles. The summed E-state index contributed by atoms with van der Waals surface area (Å²) in [7, 11) is 0. The summed E-state index contributed by atoms with van der Waals surface area (Å²) in [4.78, 5) is 13.0. The van der Waals surface area contributed by atoms with E-state index in [-0.39, 0.29) is 5.92 Å². The summed E-state index contributed by atoms with van der Waals surface area (Å²) >= 11 is 2.26. The molecule has 4 nitrogen and oxygen atoms in total. The first-order valence-electron chi connectivity index (χ1n) is 6.48. The molecule has 1 aromatic rings. The van der Waals surface area contributed by atoms with E-state index < -0.39 is 5.97 Å². The van der Waals surface area contributed by atoms with Gasteiger partial charge >= 0.3 is 5.97 Å². The first-order valence-corrected chi connectivity index (χ1v) is 7.56. The fourth-order valence-electron chi connectivity index (χ4n) is 2.27. The van der Waals surface area contributed by atoms with Crippen LogP contribution in [0.25, 0.3) is 0 Å². The van der Waals surface area contributed by atoms with Crippen LogP contribution in [-0.2, 0) is 4.79 Å². The van der Waals surface area contributed by atoms with E-state index in [2.05, 4.69) is 27.5 Å². The van der Waals surface area contributed by atoms with Gasteiger partial charge in [-0.25, -0.2) is 0 Å². The van der Waals surface area contributed by atoms with Gasteiger partial charge in [-0.2, -0.15) is 0 Å². The lowest BCUT2D eigenvalue weighted by molar-refractivity contribution is -0.141. The molecule has 1 saturated heterocycles. The fourth-order valence-corrected chi connectivity index (χ4v) is 2.79. The summed E-state index contributed by atoms with van der Waals surface area (Å²) in [5, 5.41) is 8.93. The monoisotopic (exact) mass is 375 g/mol. The zero-order valence-electron chi connectivity index (χ0n) is 10.7. The molecule has 2 rings (SSSR count). The Morgan fingerprint density at radius 2 is 2.37 bits per heavy atom. The summed E-state index contributed by atoms with van der Waals surface area (Å²) in [5.41, 5.74) is 0. The number of halogens is 1. The van der Waals surface area contributed by atoms with Crippen molar-refractivity contribution in [2.24, 2.45) is 5.92 Å². The molecule has 1 N–H and O–H groups in total. The molecule has 0 spiro atoms. The number of benzene rings is 1. The Labute approximate surface area is 126 Å². The van der Waals surface area contributed by atoms with Gasteiger partial charge in [0.15, 0.2) is 0 Å². The van der Waals surface area contributed by atoms with Crippen LogP contribution in [0.5, 0.6) is 5.75 Å². The van der Waals surface area contributed by atoms with Gasteiger partial charge in [0.25, 0.3) is 0 Å². The number of hydrogen-bond donors (Lipinski definition) is 1. The first kappa shape index (κ1) is 14.6. The molecule has 1 aliphatic rings. The molecule has 0 saturated carbocycles. The topological polar surface area (TPSA) is 49.8 Å². The lowest BCUT2D eigenvalue weighted by Crippen LogP contribution is -2.25. The number of nitrogens with zero attached hydrogens (tertiary/aromatic N) is 1. The van der Waals surface area contributed by atoms with Crippen molar-refractivity contribution in [3.05, 3.63) is 27.8 Å². The van der Waals surface area contributed by atoms with Crippen LogP contribution in [0.4, 0.5) is 0 Å². The van der Waals surface area contributed by atoms with Crippen molar-refractivity contribution >= 4 is 28.6 Å². The first-order chi connectivity index (χ1) is 9.15. The number of carboxylic acids is 1. The van der Waals surface area contributed by atoms with Gasteiger partial charge in [0, 0.05) is 16.7 Å². The van der Waals surface area contributed by atoms with E-state index in [4.69, 9.17) is 9.84 Å². The van der Waals surface area contributed by atoms with Gasteiger partial charge in [-0.15, -0.1) is 0 Å². The van der Waals surface area contributed by atoms with Crippen LogP contribution in [0.15, 0.2) is 24.3 Å². The van der Waals surface area contributed by atoms with E-state index >= 15 is 0 Å². The van der Waals surface area contributed by atoms with Crippen molar-refractivity contribution in [3.63, 3.8) is 0 Å². The molecule has 19 heavy (non-hydrogen) atoms. The number of carbonyl (C=O) groups is 1. The van der Waals surface area contributed by atoms with Gasteiger partial charge in [0.1, 0.15) is 5.75 Å². The predicted molar refractivity (Wildman–Crippen MR) is 81.5 cm³/mol. The molecular formula is C14H18INO3. The van der Waals surface area contributed by atoms with Gasteiger partial charge in [0.2, 0.25) is 0 Å². The van der Waals surface area contributed by atoms with Gasteiger partial charge < -0.3 is 14.7 Å². The standard InChI is InChI=1S/C14H18INO3/c15-12-3-1-4-13(9-12)19-8-2-6-16-7-5-11(10-16)14(17)18/h1,3-4,9,11H,2,5-8,10H2,(H,17,18). The minimum Gasteiger partial charge on any atom is -0.494 e. The number of rotatable bonds is 6. The van der Waals surface area contributed by atoms with Gasteiger partial charge in [0.05, 0.1) is 12.5 Å². The van der Waals surface area contributed by atoms with Crippen molar-refractivity contribution in [2.75, 3.05) is 26.2 Å². The lowest BCUT2D eigenvalue weighted by atomic mass is 10.1. The van der Waals surface area contributed by atoms with Crippen LogP contribution in [0.1, 0.15) is 12.8 Å². The normalized spacial score (nSPS) is 19.5. The number of carboxylic acid groups (broad SMARTS) is 1. The Morgan fingerprint density at radius 3 is 3.05 bits per heavy atom. The van der Waals surface area contributed by atoms with Crippen molar-refractivity contribution in [1.29, 1.82) is 0 Å². The maximum atomic E-state index is 10.8. The maximum Gasteiger partial charge on any atom is 0.307 e. The summed E-state index contributed by atoms with van der Waals surface area (Å²) < 4.78 is 6.84. The molecule has 1 heterocycles. The number of aliphatic carboxylic acids is 1. The van der Waals surface area contributed by atoms with E-state index in [0.29, 0.717) is 13.2 Å². The van der Waals surface area contributed by atoms with Crippen LogP contribution < -0.4 is 4.74 Å². The smallest absolute Gasteiger partial charge is 0.307 e. The maximum absolute atomic E-state index is 10.8. The molecule has 0 aromatic heterocycles. The van der Waals surface area contributed by atoms with Crippen LogP contribution in [0.2, 0.25) is 0 Å². The van der Waals surface area contributed by atoms with E-state index in [1.165, 1.54) is 3.57 Å². The minimum absolute atomic E-state index is 0.184. The zero-order chi connectivity index (χ0) is 13.7. The van der Waals surface area contributed by atoms with Gasteiger partial charge in [-0.05, 0) is 60.2 Å². The SMILES string of the molecule is O=C(O)C1CCN(CCCOc2cccc(I)c2)C1. The number of hydrogen-bond acceptors (Lipinski definition) is 3. The number of ether oxygens (including phenoxy) is 1. The van der Waals surface area contributed by atoms with Crippen LogP contribution in [0.3, 0.4) is 0 Å². The molecule has 1 atom stereocenters. The van der Waals surface area contributed by atoms with E-state index in [1.807, 2.05) is 24.3 Å². The van der Waals surface area contributed by atoms with E-state index in [0.717, 1.165) is 31.7 Å². The molecule has 1 unspecified atom stereocenters. The van der Waals surface area contributed by atoms with Crippen molar-refractivity contribution in [2.45, 2.75) is 12.8 Å². The Bertz CT molecular complexity index is 438. The average Bonchev–Trinajstić information content (AvgIpc) is 2.84. The predicted octanol–water partition coefficient (Wildman–Crippen LogP) is 2.47. The average molecular weight is 375 g/mol. The second kappa shape index (κ2) is 7.09. The highest BCUT2D eigenvalue weighted by Crippen LogP contribution is 2.17. The van der Waals surface area contributed by atoms with Crippen molar-refractivity contribution in [3.8, 4) is 5.75 Å². The summed E-state index contributed by atoms with van der Waals surface area (Å²) in [5.74, 6) is 0.0472. The summed E-state index contributed by atoms with van der Waals surface area (Å²) in [6, 6.07) is 7.98. The fraction of sp³-hybridized carbons (Fsp3) is 0.500. The molecule has 0 radical (unpaired) electrons. The number of likely N-dealkylation sites (tertiary alicyclic amines) is 1. The largest absolute Gasteiger partial charge is 0.494 e. The van der Waals surface area contributed by atoms with E-state index in [1.54, 1.807) is 0 Å². The molecule has 5 heteroatoms. The Kier molecular flexibility index (Phi) is 5.45. The highest BCUT2D eigenvalue weighted by Gasteiger charge is 2.27. The summed E-state index contributed by atoms with van der Waals surface area (Å²) in [6.07, 6.45) is 1.70. The van der Waals surface area contributed by atoms with Crippen LogP contribution >= 0.6 is 22.6 Å². The molecule has 104 valence electrons. The third kappa shape index (κ3) is 4.65. The highest BCUT2D eigenvalue weighted by atomic mass is 127. The summed E-state index contributed by atoms with van der Waals surface area (Å²) in [6.45, 7) is 3.15. The quantitative estimate of drug-likeness (QED) is 0.613. The third-order valence-electron chi connectivity index (χ3n) is 3.31. The van der Waals surface area contributed by atoms with Crippen molar-refractivity contribution in [1.82, 2.24) is 4.90 Å². The molecule has 0 amide bonds. The third-order valence-corrected chi connectivity index (χ3v) is 3.98. The molecule has 1 fully saturated rings. The lowest BCUT2D eigenvalue weighted by Gasteiger charge is -2.15. The zero-order valence-corrected chi connectivity index (χ0v) is 12.9. The minimum atomic E-state index is -0.669. The second-order valence-corrected chi connectivity index (χ2v) is 6.03. The molecule has 0 bridgehead atoms.